The SMILES string of the molecule is CC(N[S+]([O-])C(C)(C)C)c1cc(F)ccc1Br. The summed E-state index contributed by atoms with van der Waals surface area (Å²) in [5.41, 5.74) is 0.766. The summed E-state index contributed by atoms with van der Waals surface area (Å²) in [7, 11) is 0. The Hall–Kier alpha value is -0.100. The molecular formula is C12H17BrFNOS. The first-order valence-electron chi connectivity index (χ1n) is 5.35. The van der Waals surface area contributed by atoms with E-state index in [1.807, 2.05) is 27.7 Å². The zero-order chi connectivity index (χ0) is 13.2. The minimum absolute atomic E-state index is 0.180. The fraction of sp³-hybridized carbons (Fsp3) is 0.500. The summed E-state index contributed by atoms with van der Waals surface area (Å²) < 4.78 is 28.5. The molecule has 1 aromatic carbocycles. The van der Waals surface area contributed by atoms with E-state index in [1.165, 1.54) is 12.1 Å². The average molecular weight is 322 g/mol. The maximum atomic E-state index is 13.2. The van der Waals surface area contributed by atoms with Crippen LogP contribution < -0.4 is 4.72 Å². The summed E-state index contributed by atoms with van der Waals surface area (Å²) >= 11 is 2.19. The van der Waals surface area contributed by atoms with E-state index in [1.54, 1.807) is 6.07 Å². The molecule has 0 radical (unpaired) electrons. The van der Waals surface area contributed by atoms with Crippen molar-refractivity contribution in [3.63, 3.8) is 0 Å². The lowest BCUT2D eigenvalue weighted by Crippen LogP contribution is -2.40. The second kappa shape index (κ2) is 5.69. The van der Waals surface area contributed by atoms with Gasteiger partial charge in [-0.3, -0.25) is 0 Å². The van der Waals surface area contributed by atoms with Crippen LogP contribution in [0.5, 0.6) is 0 Å². The summed E-state index contributed by atoms with van der Waals surface area (Å²) in [4.78, 5) is 0. The Balaban J connectivity index is 2.83. The average Bonchev–Trinajstić information content (AvgIpc) is 2.20. The first kappa shape index (κ1) is 15.0. The summed E-state index contributed by atoms with van der Waals surface area (Å²) in [6, 6.07) is 4.31. The normalized spacial score (nSPS) is 15.7. The van der Waals surface area contributed by atoms with E-state index in [0.717, 1.165) is 10.0 Å². The van der Waals surface area contributed by atoms with Gasteiger partial charge in [0.15, 0.2) is 0 Å². The standard InChI is InChI=1S/C12H17BrFNOS/c1-8(15-17(16)12(2,3)4)10-7-9(14)5-6-11(10)13/h5-8,15H,1-4H3. The molecule has 0 heterocycles. The van der Waals surface area contributed by atoms with Gasteiger partial charge in [-0.1, -0.05) is 15.9 Å². The van der Waals surface area contributed by atoms with Crippen molar-refractivity contribution in [2.45, 2.75) is 38.5 Å². The van der Waals surface area contributed by atoms with Crippen LogP contribution in [0.3, 0.4) is 0 Å². The molecule has 0 fully saturated rings. The lowest BCUT2D eigenvalue weighted by atomic mass is 10.1. The van der Waals surface area contributed by atoms with Crippen molar-refractivity contribution in [1.82, 2.24) is 4.72 Å². The summed E-state index contributed by atoms with van der Waals surface area (Å²) in [5.74, 6) is -0.293. The Morgan fingerprint density at radius 1 is 1.41 bits per heavy atom. The van der Waals surface area contributed by atoms with Crippen LogP contribution in [0, 0.1) is 5.82 Å². The van der Waals surface area contributed by atoms with Crippen molar-refractivity contribution < 1.29 is 8.94 Å². The number of hydrogen-bond acceptors (Lipinski definition) is 2. The van der Waals surface area contributed by atoms with Crippen LogP contribution in [-0.2, 0) is 11.4 Å². The fourth-order valence-electron chi connectivity index (χ4n) is 1.25. The van der Waals surface area contributed by atoms with Crippen LogP contribution in [0.15, 0.2) is 22.7 Å². The minimum Gasteiger partial charge on any atom is -0.598 e. The molecule has 96 valence electrons. The number of hydrogen-bond donors (Lipinski definition) is 1. The minimum atomic E-state index is -1.18. The number of nitrogens with one attached hydrogen (secondary N) is 1. The summed E-state index contributed by atoms with van der Waals surface area (Å²) in [5, 5.41) is 0. The number of halogens is 2. The Morgan fingerprint density at radius 2 is 2.00 bits per heavy atom. The highest BCUT2D eigenvalue weighted by atomic mass is 79.9. The Kier molecular flexibility index (Phi) is 5.01. The molecule has 17 heavy (non-hydrogen) atoms. The Labute approximate surface area is 113 Å². The van der Waals surface area contributed by atoms with Gasteiger partial charge in [-0.05, 0) is 51.5 Å². The molecule has 0 spiro atoms. The molecule has 0 aliphatic rings. The van der Waals surface area contributed by atoms with Crippen LogP contribution >= 0.6 is 15.9 Å². The third-order valence-electron chi connectivity index (χ3n) is 2.26. The van der Waals surface area contributed by atoms with Gasteiger partial charge in [0.2, 0.25) is 0 Å². The molecule has 0 aromatic heterocycles. The van der Waals surface area contributed by atoms with Crippen molar-refractivity contribution in [2.24, 2.45) is 0 Å². The Morgan fingerprint density at radius 3 is 2.53 bits per heavy atom. The van der Waals surface area contributed by atoms with Crippen molar-refractivity contribution >= 4 is 27.3 Å². The zero-order valence-corrected chi connectivity index (χ0v) is 12.8. The van der Waals surface area contributed by atoms with Gasteiger partial charge in [-0.2, -0.15) is 0 Å². The lowest BCUT2D eigenvalue weighted by Gasteiger charge is -2.26. The molecular weight excluding hydrogens is 305 g/mol. The van der Waals surface area contributed by atoms with E-state index in [2.05, 4.69) is 20.7 Å². The number of rotatable bonds is 3. The van der Waals surface area contributed by atoms with Crippen LogP contribution in [0.2, 0.25) is 0 Å². The van der Waals surface area contributed by atoms with Crippen molar-refractivity contribution in [3.8, 4) is 0 Å². The molecule has 1 N–H and O–H groups in total. The third-order valence-corrected chi connectivity index (χ3v) is 4.67. The number of benzene rings is 1. The topological polar surface area (TPSA) is 35.1 Å². The molecule has 5 heteroatoms. The highest BCUT2D eigenvalue weighted by Gasteiger charge is 2.28. The zero-order valence-electron chi connectivity index (χ0n) is 10.4. The summed E-state index contributed by atoms with van der Waals surface area (Å²) in [6.07, 6.45) is 0. The molecule has 0 aliphatic heterocycles. The van der Waals surface area contributed by atoms with Crippen molar-refractivity contribution in [1.29, 1.82) is 0 Å². The molecule has 0 saturated carbocycles. The maximum absolute atomic E-state index is 13.2. The van der Waals surface area contributed by atoms with Gasteiger partial charge in [0.1, 0.15) is 10.6 Å². The monoisotopic (exact) mass is 321 g/mol. The fourth-order valence-corrected chi connectivity index (χ4v) is 2.64. The molecule has 1 rings (SSSR count). The molecule has 2 unspecified atom stereocenters. The van der Waals surface area contributed by atoms with E-state index in [4.69, 9.17) is 0 Å². The second-order valence-electron chi connectivity index (χ2n) is 4.89. The third kappa shape index (κ3) is 4.25. The summed E-state index contributed by atoms with van der Waals surface area (Å²) in [6.45, 7) is 7.54. The van der Waals surface area contributed by atoms with Crippen LogP contribution in [-0.4, -0.2) is 9.30 Å². The van der Waals surface area contributed by atoms with Gasteiger partial charge in [0, 0.05) is 15.8 Å². The van der Waals surface area contributed by atoms with E-state index in [-0.39, 0.29) is 16.6 Å². The lowest BCUT2D eigenvalue weighted by molar-refractivity contribution is 0.530. The predicted molar refractivity (Wildman–Crippen MR) is 73.5 cm³/mol. The molecule has 0 aliphatic carbocycles. The van der Waals surface area contributed by atoms with E-state index >= 15 is 0 Å². The van der Waals surface area contributed by atoms with E-state index in [9.17, 15) is 8.94 Å². The maximum Gasteiger partial charge on any atom is 0.136 e. The van der Waals surface area contributed by atoms with Crippen LogP contribution in [0.1, 0.15) is 39.3 Å². The van der Waals surface area contributed by atoms with Gasteiger partial charge in [-0.25, -0.2) is 4.39 Å². The molecule has 0 bridgehead atoms. The van der Waals surface area contributed by atoms with Crippen molar-refractivity contribution in [2.75, 3.05) is 0 Å². The predicted octanol–water partition coefficient (Wildman–Crippen LogP) is 3.70. The molecule has 2 atom stereocenters. The van der Waals surface area contributed by atoms with E-state index < -0.39 is 11.4 Å². The van der Waals surface area contributed by atoms with Crippen molar-refractivity contribution in [3.05, 3.63) is 34.1 Å². The van der Waals surface area contributed by atoms with Gasteiger partial charge in [0.05, 0.1) is 6.04 Å². The van der Waals surface area contributed by atoms with Gasteiger partial charge < -0.3 is 4.55 Å². The van der Waals surface area contributed by atoms with Gasteiger partial charge in [-0.15, -0.1) is 4.72 Å². The first-order chi connectivity index (χ1) is 7.71. The van der Waals surface area contributed by atoms with Gasteiger partial charge >= 0.3 is 0 Å². The second-order valence-corrected chi connectivity index (χ2v) is 7.74. The van der Waals surface area contributed by atoms with Crippen LogP contribution in [0.4, 0.5) is 4.39 Å². The first-order valence-corrected chi connectivity index (χ1v) is 7.29. The Bertz CT molecular complexity index is 395. The molecule has 0 amide bonds. The highest BCUT2D eigenvalue weighted by Crippen LogP contribution is 2.26. The largest absolute Gasteiger partial charge is 0.598 e. The van der Waals surface area contributed by atoms with Gasteiger partial charge in [0.25, 0.3) is 0 Å². The van der Waals surface area contributed by atoms with Crippen LogP contribution in [0.25, 0.3) is 0 Å². The quantitative estimate of drug-likeness (QED) is 0.861. The molecule has 2 nitrogen and oxygen atoms in total. The molecule has 0 saturated heterocycles. The smallest absolute Gasteiger partial charge is 0.136 e. The molecule has 1 aromatic rings. The highest BCUT2D eigenvalue weighted by molar-refractivity contribution is 9.10. The van der Waals surface area contributed by atoms with E-state index in [0.29, 0.717) is 0 Å².